The molecule has 0 spiro atoms. The number of carboxylic acids is 1. The van der Waals surface area contributed by atoms with Crippen LogP contribution in [0.3, 0.4) is 0 Å². The second kappa shape index (κ2) is 8.43. The van der Waals surface area contributed by atoms with Crippen LogP contribution in [-0.2, 0) is 16.1 Å². The number of aliphatic carboxylic acids is 1. The number of nitrogens with zero attached hydrogens (tertiary/aromatic N) is 2. The van der Waals surface area contributed by atoms with Crippen LogP contribution in [0.15, 0.2) is 35.1 Å². The molecule has 1 aromatic carbocycles. The van der Waals surface area contributed by atoms with Crippen LogP contribution < -0.4 is 15.6 Å². The van der Waals surface area contributed by atoms with Gasteiger partial charge in [-0.1, -0.05) is 13.8 Å². The van der Waals surface area contributed by atoms with Crippen LogP contribution in [0.25, 0.3) is 11.3 Å². The molecule has 0 saturated carbocycles. The van der Waals surface area contributed by atoms with Crippen LogP contribution in [0.4, 0.5) is 4.39 Å². The highest BCUT2D eigenvalue weighted by atomic mass is 19.1. The van der Waals surface area contributed by atoms with Gasteiger partial charge >= 0.3 is 5.97 Å². The van der Waals surface area contributed by atoms with E-state index in [0.29, 0.717) is 5.75 Å². The van der Waals surface area contributed by atoms with Crippen molar-refractivity contribution in [1.82, 2.24) is 15.1 Å². The van der Waals surface area contributed by atoms with Crippen LogP contribution in [0.5, 0.6) is 5.75 Å². The number of hydrogen-bond acceptors (Lipinski definition) is 5. The molecule has 1 aromatic heterocycles. The highest BCUT2D eigenvalue weighted by molar-refractivity contribution is 5.83. The molecule has 9 heteroatoms. The molecule has 0 aliphatic rings. The van der Waals surface area contributed by atoms with E-state index in [2.05, 4.69) is 10.4 Å². The molecule has 1 heterocycles. The van der Waals surface area contributed by atoms with E-state index < -0.39 is 35.8 Å². The number of methoxy groups -OCH3 is 1. The Kier molecular flexibility index (Phi) is 6.27. The fourth-order valence-electron chi connectivity index (χ4n) is 2.41. The molecule has 0 bridgehead atoms. The minimum Gasteiger partial charge on any atom is -0.497 e. The molecule has 0 aliphatic heterocycles. The molecule has 2 rings (SSSR count). The van der Waals surface area contributed by atoms with E-state index in [1.807, 2.05) is 0 Å². The Balaban J connectivity index is 2.26. The molecule has 1 atom stereocenters. The fourth-order valence-corrected chi connectivity index (χ4v) is 2.41. The number of nitrogens with one attached hydrogen (secondary N) is 1. The Labute approximate surface area is 154 Å². The number of benzene rings is 1. The molecule has 8 nitrogen and oxygen atoms in total. The molecule has 0 aliphatic carbocycles. The first kappa shape index (κ1) is 20.1. The maximum absolute atomic E-state index is 14.2. The Morgan fingerprint density at radius 3 is 2.56 bits per heavy atom. The summed E-state index contributed by atoms with van der Waals surface area (Å²) in [5.74, 6) is -2.46. The highest BCUT2D eigenvalue weighted by Gasteiger charge is 2.23. The van der Waals surface area contributed by atoms with E-state index in [1.54, 1.807) is 19.9 Å². The van der Waals surface area contributed by atoms with Crippen molar-refractivity contribution < 1.29 is 23.8 Å². The van der Waals surface area contributed by atoms with Crippen molar-refractivity contribution in [2.45, 2.75) is 26.4 Å². The van der Waals surface area contributed by atoms with Crippen molar-refractivity contribution in [3.8, 4) is 17.0 Å². The standard InChI is InChI=1S/C18H20FN3O5/c1-10(2)17(18(25)26)20-15(23)9-22-16(24)7-6-14(21-22)12-5-4-11(27-3)8-13(12)19/h4-8,10,17H,9H2,1-3H3,(H,20,23)(H,25,26). The highest BCUT2D eigenvalue weighted by Crippen LogP contribution is 2.23. The number of aromatic nitrogens is 2. The van der Waals surface area contributed by atoms with E-state index in [9.17, 15) is 18.8 Å². The lowest BCUT2D eigenvalue weighted by Crippen LogP contribution is -2.46. The van der Waals surface area contributed by atoms with Gasteiger partial charge in [0, 0.05) is 17.7 Å². The SMILES string of the molecule is COc1ccc(-c2ccc(=O)n(CC(=O)NC(C(=O)O)C(C)C)n2)c(F)c1. The Bertz CT molecular complexity index is 910. The number of amides is 1. The molecule has 2 aromatic rings. The summed E-state index contributed by atoms with van der Waals surface area (Å²) in [6, 6.07) is 5.59. The number of ether oxygens (including phenoxy) is 1. The summed E-state index contributed by atoms with van der Waals surface area (Å²) in [5.41, 5.74) is -0.281. The van der Waals surface area contributed by atoms with E-state index in [0.717, 1.165) is 10.7 Å². The maximum atomic E-state index is 14.2. The number of halogens is 1. The minimum absolute atomic E-state index is 0.135. The van der Waals surface area contributed by atoms with E-state index in [-0.39, 0.29) is 17.2 Å². The minimum atomic E-state index is -1.17. The van der Waals surface area contributed by atoms with Crippen molar-refractivity contribution in [2.75, 3.05) is 7.11 Å². The second-order valence-corrected chi connectivity index (χ2v) is 6.19. The van der Waals surface area contributed by atoms with Gasteiger partial charge in [0.05, 0.1) is 12.8 Å². The molecule has 2 N–H and O–H groups in total. The number of hydrogen-bond donors (Lipinski definition) is 2. The van der Waals surface area contributed by atoms with Crippen LogP contribution in [0, 0.1) is 11.7 Å². The summed E-state index contributed by atoms with van der Waals surface area (Å²) in [6.07, 6.45) is 0. The molecule has 144 valence electrons. The summed E-state index contributed by atoms with van der Waals surface area (Å²) >= 11 is 0. The van der Waals surface area contributed by atoms with Gasteiger partial charge in [-0.3, -0.25) is 9.59 Å². The first-order chi connectivity index (χ1) is 12.7. The summed E-state index contributed by atoms with van der Waals surface area (Å²) in [6.45, 7) is 2.81. The van der Waals surface area contributed by atoms with Crippen molar-refractivity contribution in [2.24, 2.45) is 5.92 Å². The van der Waals surface area contributed by atoms with E-state index in [4.69, 9.17) is 9.84 Å². The largest absolute Gasteiger partial charge is 0.497 e. The third-order valence-corrected chi connectivity index (χ3v) is 3.86. The predicted molar refractivity (Wildman–Crippen MR) is 94.8 cm³/mol. The van der Waals surface area contributed by atoms with Gasteiger partial charge < -0.3 is 15.2 Å². The zero-order valence-corrected chi connectivity index (χ0v) is 15.1. The topological polar surface area (TPSA) is 111 Å². The first-order valence-corrected chi connectivity index (χ1v) is 8.17. The summed E-state index contributed by atoms with van der Waals surface area (Å²) in [7, 11) is 1.41. The third kappa shape index (κ3) is 4.90. The Morgan fingerprint density at radius 2 is 2.00 bits per heavy atom. The van der Waals surface area contributed by atoms with Crippen molar-refractivity contribution in [1.29, 1.82) is 0 Å². The Morgan fingerprint density at radius 1 is 1.30 bits per heavy atom. The normalized spacial score (nSPS) is 11.9. The molecule has 1 unspecified atom stereocenters. The van der Waals surface area contributed by atoms with Crippen molar-refractivity contribution in [3.05, 3.63) is 46.5 Å². The number of carbonyl (C=O) groups is 2. The van der Waals surface area contributed by atoms with Gasteiger partial charge in [0.15, 0.2) is 0 Å². The average Bonchev–Trinajstić information content (AvgIpc) is 2.61. The zero-order chi connectivity index (χ0) is 20.1. The maximum Gasteiger partial charge on any atom is 0.326 e. The van der Waals surface area contributed by atoms with Crippen molar-refractivity contribution >= 4 is 11.9 Å². The van der Waals surface area contributed by atoms with Crippen molar-refractivity contribution in [3.63, 3.8) is 0 Å². The second-order valence-electron chi connectivity index (χ2n) is 6.19. The number of carboxylic acid groups (broad SMARTS) is 1. The van der Waals surface area contributed by atoms with Gasteiger partial charge in [0.2, 0.25) is 5.91 Å². The lowest BCUT2D eigenvalue weighted by molar-refractivity contribution is -0.143. The number of rotatable bonds is 7. The summed E-state index contributed by atoms with van der Waals surface area (Å²) in [4.78, 5) is 35.3. The van der Waals surface area contributed by atoms with Gasteiger partial charge in [-0.05, 0) is 24.1 Å². The monoisotopic (exact) mass is 377 g/mol. The van der Waals surface area contributed by atoms with E-state index >= 15 is 0 Å². The Hall–Kier alpha value is -3.23. The van der Waals surface area contributed by atoms with Gasteiger partial charge in [-0.25, -0.2) is 13.9 Å². The fraction of sp³-hybridized carbons (Fsp3) is 0.333. The molecular weight excluding hydrogens is 357 g/mol. The summed E-state index contributed by atoms with van der Waals surface area (Å²) < 4.78 is 20.0. The lowest BCUT2D eigenvalue weighted by Gasteiger charge is -2.18. The van der Waals surface area contributed by atoms with Crippen LogP contribution in [0.2, 0.25) is 0 Å². The van der Waals surface area contributed by atoms with Gasteiger partial charge in [-0.15, -0.1) is 0 Å². The number of carbonyl (C=O) groups excluding carboxylic acids is 1. The lowest BCUT2D eigenvalue weighted by atomic mass is 10.1. The van der Waals surface area contributed by atoms with Gasteiger partial charge in [-0.2, -0.15) is 5.10 Å². The zero-order valence-electron chi connectivity index (χ0n) is 15.1. The van der Waals surface area contributed by atoms with Gasteiger partial charge in [0.1, 0.15) is 24.2 Å². The first-order valence-electron chi connectivity index (χ1n) is 8.17. The third-order valence-electron chi connectivity index (χ3n) is 3.86. The molecule has 27 heavy (non-hydrogen) atoms. The van der Waals surface area contributed by atoms with Crippen LogP contribution >= 0.6 is 0 Å². The predicted octanol–water partition coefficient (Wildman–Crippen LogP) is 1.28. The molecular formula is C18H20FN3O5. The molecule has 0 saturated heterocycles. The average molecular weight is 377 g/mol. The van der Waals surface area contributed by atoms with Crippen LogP contribution in [-0.4, -0.2) is 39.9 Å². The molecule has 1 amide bonds. The molecule has 0 radical (unpaired) electrons. The summed E-state index contributed by atoms with van der Waals surface area (Å²) in [5, 5.41) is 15.5. The quantitative estimate of drug-likeness (QED) is 0.752. The molecule has 0 fully saturated rings. The van der Waals surface area contributed by atoms with Gasteiger partial charge in [0.25, 0.3) is 5.56 Å². The smallest absolute Gasteiger partial charge is 0.326 e. The van der Waals surface area contributed by atoms with Crippen LogP contribution in [0.1, 0.15) is 13.8 Å². The van der Waals surface area contributed by atoms with E-state index in [1.165, 1.54) is 25.3 Å².